The smallest absolute Gasteiger partial charge is 0.263 e. The summed E-state index contributed by atoms with van der Waals surface area (Å²) < 4.78 is 31.9. The SMILES string of the molecule is COc1cccc(CN2N=N[C@@H]3C(=O)N(c4ccc(F)c(F)c4)C(=O)[C@H]32)c1. The number of hydrogen-bond donors (Lipinski definition) is 0. The summed E-state index contributed by atoms with van der Waals surface area (Å²) in [5.41, 5.74) is 0.787. The number of halogens is 2. The van der Waals surface area contributed by atoms with Crippen molar-refractivity contribution >= 4 is 17.5 Å². The standard InChI is InChI=1S/C18H14F2N4O3/c1-27-12-4-2-3-10(7-12)9-23-16-15(21-22-23)17(25)24(18(16)26)11-5-6-13(19)14(20)8-11/h2-8,15-16H,9H2,1H3/t15-,16-/m0/s1. The van der Waals surface area contributed by atoms with Crippen molar-refractivity contribution in [2.24, 2.45) is 10.3 Å². The molecule has 1 fully saturated rings. The summed E-state index contributed by atoms with van der Waals surface area (Å²) in [4.78, 5) is 26.2. The zero-order valence-corrected chi connectivity index (χ0v) is 14.2. The van der Waals surface area contributed by atoms with Gasteiger partial charge >= 0.3 is 0 Å². The molecule has 0 aromatic heterocycles. The van der Waals surface area contributed by atoms with Gasteiger partial charge in [-0.25, -0.2) is 13.7 Å². The van der Waals surface area contributed by atoms with Gasteiger partial charge in [-0.2, -0.15) is 5.11 Å². The Morgan fingerprint density at radius 1 is 1.07 bits per heavy atom. The van der Waals surface area contributed by atoms with E-state index in [9.17, 15) is 18.4 Å². The van der Waals surface area contributed by atoms with E-state index in [0.29, 0.717) is 5.75 Å². The first-order valence-corrected chi connectivity index (χ1v) is 8.13. The molecule has 0 radical (unpaired) electrons. The number of amides is 2. The van der Waals surface area contributed by atoms with Gasteiger partial charge in [-0.15, -0.1) is 0 Å². The number of anilines is 1. The third kappa shape index (κ3) is 2.80. The van der Waals surface area contributed by atoms with Crippen LogP contribution in [0.25, 0.3) is 0 Å². The molecular weight excluding hydrogens is 358 g/mol. The van der Waals surface area contributed by atoms with Crippen molar-refractivity contribution in [1.29, 1.82) is 0 Å². The van der Waals surface area contributed by atoms with Crippen LogP contribution in [-0.2, 0) is 16.1 Å². The summed E-state index contributed by atoms with van der Waals surface area (Å²) in [7, 11) is 1.55. The van der Waals surface area contributed by atoms with Gasteiger partial charge < -0.3 is 4.74 Å². The van der Waals surface area contributed by atoms with E-state index >= 15 is 0 Å². The molecule has 7 nitrogen and oxygen atoms in total. The average Bonchev–Trinajstić information content (AvgIpc) is 3.18. The summed E-state index contributed by atoms with van der Waals surface area (Å²) in [6.45, 7) is 0.243. The van der Waals surface area contributed by atoms with Gasteiger partial charge in [0.1, 0.15) is 5.75 Å². The largest absolute Gasteiger partial charge is 0.497 e. The Kier molecular flexibility index (Phi) is 4.06. The van der Waals surface area contributed by atoms with E-state index in [2.05, 4.69) is 10.3 Å². The van der Waals surface area contributed by atoms with Crippen LogP contribution >= 0.6 is 0 Å². The lowest BCUT2D eigenvalue weighted by Gasteiger charge is -2.20. The molecule has 0 spiro atoms. The van der Waals surface area contributed by atoms with Gasteiger partial charge in [-0.1, -0.05) is 17.4 Å². The highest BCUT2D eigenvalue weighted by atomic mass is 19.2. The van der Waals surface area contributed by atoms with Crippen LogP contribution in [0, 0.1) is 11.6 Å². The molecule has 0 bridgehead atoms. The van der Waals surface area contributed by atoms with Crippen molar-refractivity contribution in [2.75, 3.05) is 12.0 Å². The molecule has 9 heteroatoms. The molecule has 2 aliphatic rings. The van der Waals surface area contributed by atoms with E-state index in [1.165, 1.54) is 11.1 Å². The second-order valence-corrected chi connectivity index (χ2v) is 6.15. The molecule has 2 aromatic rings. The van der Waals surface area contributed by atoms with Gasteiger partial charge in [0.15, 0.2) is 23.7 Å². The second kappa shape index (κ2) is 6.42. The Labute approximate surface area is 152 Å². The van der Waals surface area contributed by atoms with Crippen LogP contribution in [0.3, 0.4) is 0 Å². The Hall–Kier alpha value is -3.36. The molecule has 2 aromatic carbocycles. The highest BCUT2D eigenvalue weighted by molar-refractivity contribution is 6.25. The third-order valence-corrected chi connectivity index (χ3v) is 4.50. The number of rotatable bonds is 4. The molecule has 0 N–H and O–H groups in total. The minimum atomic E-state index is -1.14. The molecule has 2 atom stereocenters. The average molecular weight is 372 g/mol. The summed E-state index contributed by atoms with van der Waals surface area (Å²) >= 11 is 0. The van der Waals surface area contributed by atoms with Crippen molar-refractivity contribution in [3.05, 3.63) is 59.7 Å². The molecule has 1 saturated heterocycles. The number of carbonyl (C=O) groups is 2. The lowest BCUT2D eigenvalue weighted by molar-refractivity contribution is -0.123. The zero-order chi connectivity index (χ0) is 19.1. The van der Waals surface area contributed by atoms with E-state index in [4.69, 9.17) is 4.74 Å². The normalized spacial score (nSPS) is 21.1. The highest BCUT2D eigenvalue weighted by Crippen LogP contribution is 2.33. The van der Waals surface area contributed by atoms with Gasteiger partial charge in [0, 0.05) is 6.07 Å². The van der Waals surface area contributed by atoms with Gasteiger partial charge in [-0.05, 0) is 29.8 Å². The maximum absolute atomic E-state index is 13.5. The number of benzene rings is 2. The predicted molar refractivity (Wildman–Crippen MR) is 89.8 cm³/mol. The summed E-state index contributed by atoms with van der Waals surface area (Å²) in [5.74, 6) is -2.74. The van der Waals surface area contributed by atoms with Crippen LogP contribution in [0.15, 0.2) is 52.8 Å². The molecular formula is C18H14F2N4O3. The third-order valence-electron chi connectivity index (χ3n) is 4.50. The number of carbonyl (C=O) groups excluding carboxylic acids is 2. The van der Waals surface area contributed by atoms with Crippen LogP contribution < -0.4 is 9.64 Å². The van der Waals surface area contributed by atoms with Crippen molar-refractivity contribution in [1.82, 2.24) is 5.01 Å². The van der Waals surface area contributed by atoms with Crippen LogP contribution in [0.1, 0.15) is 5.56 Å². The van der Waals surface area contributed by atoms with Gasteiger partial charge in [-0.3, -0.25) is 14.6 Å². The first-order chi connectivity index (χ1) is 13.0. The van der Waals surface area contributed by atoms with Crippen molar-refractivity contribution in [2.45, 2.75) is 18.6 Å². The molecule has 138 valence electrons. The van der Waals surface area contributed by atoms with Crippen LogP contribution in [0.4, 0.5) is 14.5 Å². The molecule has 2 aliphatic heterocycles. The summed E-state index contributed by atoms with van der Waals surface area (Å²) in [6.07, 6.45) is 0. The number of fused-ring (bicyclic) bond motifs is 1. The summed E-state index contributed by atoms with van der Waals surface area (Å²) in [6, 6.07) is 8.15. The maximum Gasteiger partial charge on any atom is 0.263 e. The van der Waals surface area contributed by atoms with E-state index in [1.54, 1.807) is 25.3 Å². The molecule has 27 heavy (non-hydrogen) atoms. The highest BCUT2D eigenvalue weighted by Gasteiger charge is 2.54. The monoisotopic (exact) mass is 372 g/mol. The van der Waals surface area contributed by atoms with Crippen molar-refractivity contribution in [3.63, 3.8) is 0 Å². The summed E-state index contributed by atoms with van der Waals surface area (Å²) in [5, 5.41) is 9.27. The second-order valence-electron chi connectivity index (χ2n) is 6.15. The first-order valence-electron chi connectivity index (χ1n) is 8.13. The maximum atomic E-state index is 13.5. The predicted octanol–water partition coefficient (Wildman–Crippen LogP) is 2.47. The number of imide groups is 1. The van der Waals surface area contributed by atoms with E-state index in [0.717, 1.165) is 22.6 Å². The van der Waals surface area contributed by atoms with E-state index in [1.807, 2.05) is 6.07 Å². The van der Waals surface area contributed by atoms with Crippen LogP contribution in [0.2, 0.25) is 0 Å². The Morgan fingerprint density at radius 2 is 1.89 bits per heavy atom. The minimum absolute atomic E-state index is 0.0326. The number of ether oxygens (including phenoxy) is 1. The molecule has 0 saturated carbocycles. The number of nitrogens with zero attached hydrogens (tertiary/aromatic N) is 4. The Balaban J connectivity index is 1.60. The van der Waals surface area contributed by atoms with Crippen molar-refractivity contribution in [3.8, 4) is 5.75 Å². The fourth-order valence-corrected chi connectivity index (χ4v) is 3.19. The lowest BCUT2D eigenvalue weighted by atomic mass is 10.1. The van der Waals surface area contributed by atoms with Gasteiger partial charge in [0.05, 0.1) is 19.3 Å². The zero-order valence-electron chi connectivity index (χ0n) is 14.2. The minimum Gasteiger partial charge on any atom is -0.497 e. The van der Waals surface area contributed by atoms with Gasteiger partial charge in [0.2, 0.25) is 0 Å². The fraction of sp³-hybridized carbons (Fsp3) is 0.222. The topological polar surface area (TPSA) is 74.6 Å². The van der Waals surface area contributed by atoms with Crippen molar-refractivity contribution < 1.29 is 23.1 Å². The molecule has 2 amide bonds. The van der Waals surface area contributed by atoms with E-state index in [-0.39, 0.29) is 12.2 Å². The molecule has 2 heterocycles. The fourth-order valence-electron chi connectivity index (χ4n) is 3.19. The molecule has 4 rings (SSSR count). The first kappa shape index (κ1) is 17.1. The van der Waals surface area contributed by atoms with Crippen LogP contribution in [-0.4, -0.2) is 36.0 Å². The van der Waals surface area contributed by atoms with E-state index < -0.39 is 35.5 Å². The molecule has 0 unspecified atom stereocenters. The Morgan fingerprint density at radius 3 is 2.63 bits per heavy atom. The lowest BCUT2D eigenvalue weighted by Crippen LogP contribution is -2.39. The quantitative estimate of drug-likeness (QED) is 0.773. The van der Waals surface area contributed by atoms with Gasteiger partial charge in [0.25, 0.3) is 11.8 Å². The Bertz CT molecular complexity index is 965. The molecule has 0 aliphatic carbocycles. The number of hydrogen-bond acceptors (Lipinski definition) is 6. The number of methoxy groups -OCH3 is 1. The van der Waals surface area contributed by atoms with Crippen LogP contribution in [0.5, 0.6) is 5.75 Å².